The highest BCUT2D eigenvalue weighted by atomic mass is 16.6. The molecule has 18 heavy (non-hydrogen) atoms. The lowest BCUT2D eigenvalue weighted by molar-refractivity contribution is -0.384. The van der Waals surface area contributed by atoms with E-state index in [-0.39, 0.29) is 11.7 Å². The van der Waals surface area contributed by atoms with E-state index in [1.165, 1.54) is 12.1 Å². The second kappa shape index (κ2) is 4.85. The molecule has 0 aliphatic rings. The summed E-state index contributed by atoms with van der Waals surface area (Å²) < 4.78 is 0. The van der Waals surface area contributed by atoms with Crippen molar-refractivity contribution in [3.63, 3.8) is 0 Å². The van der Waals surface area contributed by atoms with E-state index in [0.717, 1.165) is 5.56 Å². The minimum atomic E-state index is -0.478. The van der Waals surface area contributed by atoms with Crippen molar-refractivity contribution < 1.29 is 4.92 Å². The molecule has 0 aliphatic heterocycles. The van der Waals surface area contributed by atoms with E-state index in [2.05, 4.69) is 0 Å². The summed E-state index contributed by atoms with van der Waals surface area (Å²) in [5.41, 5.74) is 13.8. The molecule has 2 aromatic rings. The number of nitro benzene ring substituents is 1. The lowest BCUT2D eigenvalue weighted by Gasteiger charge is -2.14. The van der Waals surface area contributed by atoms with E-state index < -0.39 is 4.92 Å². The maximum absolute atomic E-state index is 10.6. The average Bonchev–Trinajstić information content (AvgIpc) is 2.38. The number of hydrogen-bond donors (Lipinski definition) is 2. The zero-order valence-electron chi connectivity index (χ0n) is 9.61. The van der Waals surface area contributed by atoms with Crippen LogP contribution in [0.2, 0.25) is 0 Å². The lowest BCUT2D eigenvalue weighted by Crippen LogP contribution is -2.13. The van der Waals surface area contributed by atoms with Crippen LogP contribution < -0.4 is 11.5 Å². The summed E-state index contributed by atoms with van der Waals surface area (Å²) in [7, 11) is 0. The van der Waals surface area contributed by atoms with Gasteiger partial charge < -0.3 is 11.5 Å². The molecule has 2 rings (SSSR count). The fraction of sp³-hybridized carbons (Fsp3) is 0.0769. The van der Waals surface area contributed by atoms with E-state index in [1.807, 2.05) is 30.3 Å². The summed E-state index contributed by atoms with van der Waals surface area (Å²) in [4.78, 5) is 10.1. The van der Waals surface area contributed by atoms with Crippen LogP contribution in [0.15, 0.2) is 48.5 Å². The number of non-ortho nitro benzene ring substituents is 1. The van der Waals surface area contributed by atoms with Crippen molar-refractivity contribution in [2.24, 2.45) is 5.73 Å². The molecule has 0 amide bonds. The molecular weight excluding hydrogens is 230 g/mol. The maximum Gasteiger partial charge on any atom is 0.271 e. The van der Waals surface area contributed by atoms with E-state index in [4.69, 9.17) is 11.5 Å². The van der Waals surface area contributed by atoms with Crippen LogP contribution in [0.3, 0.4) is 0 Å². The average molecular weight is 243 g/mol. The van der Waals surface area contributed by atoms with Gasteiger partial charge in [0.05, 0.1) is 11.0 Å². The van der Waals surface area contributed by atoms with Crippen molar-refractivity contribution in [3.05, 3.63) is 69.8 Å². The highest BCUT2D eigenvalue weighted by Crippen LogP contribution is 2.27. The van der Waals surface area contributed by atoms with Crippen LogP contribution in [0.5, 0.6) is 0 Å². The van der Waals surface area contributed by atoms with Crippen LogP contribution in [-0.2, 0) is 0 Å². The molecule has 0 saturated heterocycles. The van der Waals surface area contributed by atoms with E-state index in [9.17, 15) is 10.1 Å². The fourth-order valence-corrected chi connectivity index (χ4v) is 1.80. The van der Waals surface area contributed by atoms with Crippen LogP contribution in [0, 0.1) is 10.1 Å². The van der Waals surface area contributed by atoms with Gasteiger partial charge in [-0.2, -0.15) is 0 Å². The molecule has 0 heterocycles. The molecule has 0 aliphatic carbocycles. The largest absolute Gasteiger partial charge is 0.398 e. The zero-order chi connectivity index (χ0) is 13.1. The van der Waals surface area contributed by atoms with Gasteiger partial charge in [0.1, 0.15) is 0 Å². The Bertz CT molecular complexity index is 570. The molecule has 0 fully saturated rings. The first-order valence-corrected chi connectivity index (χ1v) is 5.44. The van der Waals surface area contributed by atoms with Crippen LogP contribution in [0.1, 0.15) is 17.2 Å². The Kier molecular flexibility index (Phi) is 3.25. The number of anilines is 1. The summed E-state index contributed by atoms with van der Waals surface area (Å²) in [6.45, 7) is 0. The Balaban J connectivity index is 2.37. The monoisotopic (exact) mass is 243 g/mol. The van der Waals surface area contributed by atoms with Crippen molar-refractivity contribution in [2.45, 2.75) is 6.04 Å². The molecule has 1 unspecified atom stereocenters. The van der Waals surface area contributed by atoms with Crippen LogP contribution >= 0.6 is 0 Å². The van der Waals surface area contributed by atoms with Crippen molar-refractivity contribution in [3.8, 4) is 0 Å². The highest BCUT2D eigenvalue weighted by molar-refractivity contribution is 5.56. The van der Waals surface area contributed by atoms with E-state index in [0.29, 0.717) is 11.3 Å². The molecule has 5 heteroatoms. The molecule has 2 aromatic carbocycles. The number of benzene rings is 2. The predicted molar refractivity (Wildman–Crippen MR) is 70.0 cm³/mol. The minimum Gasteiger partial charge on any atom is -0.398 e. The first-order chi connectivity index (χ1) is 8.59. The van der Waals surface area contributed by atoms with Gasteiger partial charge in [0.15, 0.2) is 0 Å². The van der Waals surface area contributed by atoms with Crippen molar-refractivity contribution in [2.75, 3.05) is 5.73 Å². The highest BCUT2D eigenvalue weighted by Gasteiger charge is 2.15. The van der Waals surface area contributed by atoms with Crippen molar-refractivity contribution >= 4 is 11.4 Å². The molecule has 4 N–H and O–H groups in total. The smallest absolute Gasteiger partial charge is 0.271 e. The van der Waals surface area contributed by atoms with Crippen molar-refractivity contribution in [1.29, 1.82) is 0 Å². The van der Waals surface area contributed by atoms with Gasteiger partial charge in [0.25, 0.3) is 5.69 Å². The Morgan fingerprint density at radius 2 is 1.78 bits per heavy atom. The van der Waals surface area contributed by atoms with Gasteiger partial charge >= 0.3 is 0 Å². The molecule has 0 saturated carbocycles. The van der Waals surface area contributed by atoms with Gasteiger partial charge in [-0.25, -0.2) is 0 Å². The number of nitrogen functional groups attached to an aromatic ring is 1. The number of rotatable bonds is 3. The molecule has 92 valence electrons. The van der Waals surface area contributed by atoms with Crippen LogP contribution in [-0.4, -0.2) is 4.92 Å². The molecular formula is C13H13N3O2. The topological polar surface area (TPSA) is 95.2 Å². The second-order valence-electron chi connectivity index (χ2n) is 3.96. The first-order valence-electron chi connectivity index (χ1n) is 5.44. The van der Waals surface area contributed by atoms with Crippen molar-refractivity contribution in [1.82, 2.24) is 0 Å². The van der Waals surface area contributed by atoms with Gasteiger partial charge in [-0.1, -0.05) is 30.3 Å². The SMILES string of the molecule is Nc1cc([N+](=O)[O-])ccc1C(N)c1ccccc1. The van der Waals surface area contributed by atoms with Gasteiger partial charge in [-0.05, 0) is 17.2 Å². The third-order valence-electron chi connectivity index (χ3n) is 2.77. The van der Waals surface area contributed by atoms with E-state index in [1.54, 1.807) is 6.07 Å². The first kappa shape index (κ1) is 12.1. The summed E-state index contributed by atoms with van der Waals surface area (Å²) in [6.07, 6.45) is 0. The van der Waals surface area contributed by atoms with Gasteiger partial charge in [0.2, 0.25) is 0 Å². The summed E-state index contributed by atoms with van der Waals surface area (Å²) >= 11 is 0. The van der Waals surface area contributed by atoms with Gasteiger partial charge in [-0.3, -0.25) is 10.1 Å². The summed E-state index contributed by atoms with van der Waals surface area (Å²) in [5.74, 6) is 0. The zero-order valence-corrected chi connectivity index (χ0v) is 9.61. The Labute approximate surface area is 104 Å². The number of nitrogens with zero attached hydrogens (tertiary/aromatic N) is 1. The molecule has 0 radical (unpaired) electrons. The van der Waals surface area contributed by atoms with Gasteiger partial charge in [-0.15, -0.1) is 0 Å². The molecule has 0 bridgehead atoms. The molecule has 0 aromatic heterocycles. The molecule has 1 atom stereocenters. The number of nitrogens with two attached hydrogens (primary N) is 2. The fourth-order valence-electron chi connectivity index (χ4n) is 1.80. The Morgan fingerprint density at radius 1 is 1.11 bits per heavy atom. The Hall–Kier alpha value is -2.40. The maximum atomic E-state index is 10.6. The number of nitro groups is 1. The van der Waals surface area contributed by atoms with Crippen LogP contribution in [0.4, 0.5) is 11.4 Å². The van der Waals surface area contributed by atoms with Crippen LogP contribution in [0.25, 0.3) is 0 Å². The predicted octanol–water partition coefficient (Wildman–Crippen LogP) is 2.23. The minimum absolute atomic E-state index is 0.0310. The summed E-state index contributed by atoms with van der Waals surface area (Å²) in [5, 5.41) is 10.6. The third kappa shape index (κ3) is 2.31. The Morgan fingerprint density at radius 3 is 2.33 bits per heavy atom. The third-order valence-corrected chi connectivity index (χ3v) is 2.77. The normalized spacial score (nSPS) is 12.1. The standard InChI is InChI=1S/C13H13N3O2/c14-12-8-10(16(17)18)6-7-11(12)13(15)9-4-2-1-3-5-9/h1-8,13H,14-15H2. The summed E-state index contributed by atoms with van der Waals surface area (Å²) in [6, 6.07) is 13.4. The number of hydrogen-bond acceptors (Lipinski definition) is 4. The van der Waals surface area contributed by atoms with E-state index >= 15 is 0 Å². The van der Waals surface area contributed by atoms with Gasteiger partial charge in [0, 0.05) is 17.8 Å². The quantitative estimate of drug-likeness (QED) is 0.491. The molecule has 5 nitrogen and oxygen atoms in total. The lowest BCUT2D eigenvalue weighted by atomic mass is 9.98. The molecule has 0 spiro atoms. The second-order valence-corrected chi connectivity index (χ2v) is 3.96.